The van der Waals surface area contributed by atoms with Crippen LogP contribution < -0.4 is 8.61 Å². The van der Waals surface area contributed by atoms with Gasteiger partial charge in [0.2, 0.25) is 10.0 Å². The number of anilines is 2. The molecule has 0 radical (unpaired) electrons. The molecule has 0 atom stereocenters. The SMILES string of the molecule is CN(c1ccc(N(C)S(=O)(=O)N(C)C)cc1)S(C)(=O)=O. The zero-order valence-electron chi connectivity index (χ0n) is 12.1. The van der Waals surface area contributed by atoms with Gasteiger partial charge >= 0.3 is 10.2 Å². The third kappa shape index (κ3) is 3.41. The number of benzene rings is 1. The summed E-state index contributed by atoms with van der Waals surface area (Å²) in [5.74, 6) is 0. The summed E-state index contributed by atoms with van der Waals surface area (Å²) in [4.78, 5) is 0. The third-order valence-electron chi connectivity index (χ3n) is 2.88. The fourth-order valence-electron chi connectivity index (χ4n) is 1.44. The molecule has 9 heteroatoms. The number of hydrogen-bond acceptors (Lipinski definition) is 4. The average molecular weight is 321 g/mol. The van der Waals surface area contributed by atoms with E-state index in [9.17, 15) is 16.8 Å². The molecule has 0 heterocycles. The van der Waals surface area contributed by atoms with Gasteiger partial charge in [-0.05, 0) is 24.3 Å². The van der Waals surface area contributed by atoms with Crippen molar-refractivity contribution in [2.75, 3.05) is 43.1 Å². The van der Waals surface area contributed by atoms with E-state index in [1.807, 2.05) is 0 Å². The maximum Gasteiger partial charge on any atom is 0.303 e. The van der Waals surface area contributed by atoms with Gasteiger partial charge < -0.3 is 0 Å². The van der Waals surface area contributed by atoms with E-state index in [-0.39, 0.29) is 0 Å². The van der Waals surface area contributed by atoms with E-state index in [2.05, 4.69) is 0 Å². The van der Waals surface area contributed by atoms with Crippen LogP contribution in [0.2, 0.25) is 0 Å². The minimum atomic E-state index is -3.56. The van der Waals surface area contributed by atoms with Crippen molar-refractivity contribution < 1.29 is 16.8 Å². The van der Waals surface area contributed by atoms with Crippen molar-refractivity contribution >= 4 is 31.6 Å². The topological polar surface area (TPSA) is 78.0 Å². The first-order valence-electron chi connectivity index (χ1n) is 5.68. The molecule has 0 N–H and O–H groups in total. The Balaban J connectivity index is 3.10. The molecular formula is C11H19N3O4S2. The largest absolute Gasteiger partial charge is 0.303 e. The Morgan fingerprint density at radius 2 is 1.10 bits per heavy atom. The van der Waals surface area contributed by atoms with Crippen molar-refractivity contribution in [3.63, 3.8) is 0 Å². The van der Waals surface area contributed by atoms with Crippen LogP contribution in [0.4, 0.5) is 11.4 Å². The molecule has 114 valence electrons. The number of hydrogen-bond donors (Lipinski definition) is 0. The second-order valence-corrected chi connectivity index (χ2v) is 8.69. The number of rotatable bonds is 5. The summed E-state index contributed by atoms with van der Waals surface area (Å²) in [7, 11) is -1.14. The van der Waals surface area contributed by atoms with Crippen LogP contribution in [0.25, 0.3) is 0 Å². The van der Waals surface area contributed by atoms with Crippen molar-refractivity contribution in [1.29, 1.82) is 0 Å². The molecule has 0 unspecified atom stereocenters. The number of nitrogens with zero attached hydrogens (tertiary/aromatic N) is 3. The molecular weight excluding hydrogens is 302 g/mol. The summed E-state index contributed by atoms with van der Waals surface area (Å²) in [6.07, 6.45) is 1.10. The quantitative estimate of drug-likeness (QED) is 0.783. The van der Waals surface area contributed by atoms with Crippen LogP contribution in [-0.4, -0.2) is 55.6 Å². The molecule has 0 amide bonds. The molecule has 0 aliphatic carbocycles. The second kappa shape index (κ2) is 5.58. The lowest BCUT2D eigenvalue weighted by atomic mass is 10.3. The standard InChI is InChI=1S/C11H19N3O4S2/c1-12(2)20(17,18)14(4)11-8-6-10(7-9-11)13(3)19(5,15)16/h6-9H,1-5H3. The average Bonchev–Trinajstić information content (AvgIpc) is 2.35. The Labute approximate surface area is 120 Å². The van der Waals surface area contributed by atoms with Gasteiger partial charge in [-0.2, -0.15) is 12.7 Å². The van der Waals surface area contributed by atoms with Gasteiger partial charge in [0.25, 0.3) is 0 Å². The molecule has 0 fully saturated rings. The monoisotopic (exact) mass is 321 g/mol. The molecule has 0 aliphatic rings. The Hall–Kier alpha value is -1.32. The van der Waals surface area contributed by atoms with Crippen LogP contribution in [0.15, 0.2) is 24.3 Å². The molecule has 1 aromatic carbocycles. The first-order valence-corrected chi connectivity index (χ1v) is 8.93. The van der Waals surface area contributed by atoms with Crippen molar-refractivity contribution in [1.82, 2.24) is 4.31 Å². The first kappa shape index (κ1) is 16.7. The third-order valence-corrected chi connectivity index (χ3v) is 5.91. The van der Waals surface area contributed by atoms with Gasteiger partial charge in [0, 0.05) is 28.2 Å². The van der Waals surface area contributed by atoms with Crippen LogP contribution in [-0.2, 0) is 20.2 Å². The maximum atomic E-state index is 12.0. The molecule has 20 heavy (non-hydrogen) atoms. The first-order chi connectivity index (χ1) is 8.98. The van der Waals surface area contributed by atoms with Crippen LogP contribution >= 0.6 is 0 Å². The fraction of sp³-hybridized carbons (Fsp3) is 0.455. The minimum absolute atomic E-state index is 0.448. The lowest BCUT2D eigenvalue weighted by molar-refractivity contribution is 0.519. The van der Waals surface area contributed by atoms with Crippen LogP contribution in [0.5, 0.6) is 0 Å². The molecule has 7 nitrogen and oxygen atoms in total. The molecule has 0 saturated carbocycles. The summed E-state index contributed by atoms with van der Waals surface area (Å²) in [5.41, 5.74) is 0.913. The molecule has 0 bridgehead atoms. The van der Waals surface area contributed by atoms with E-state index in [1.165, 1.54) is 28.2 Å². The van der Waals surface area contributed by atoms with Crippen molar-refractivity contribution in [3.8, 4) is 0 Å². The molecule has 1 rings (SSSR count). The van der Waals surface area contributed by atoms with E-state index >= 15 is 0 Å². The molecule has 0 spiro atoms. The summed E-state index contributed by atoms with van der Waals surface area (Å²) in [6, 6.07) is 6.21. The highest BCUT2D eigenvalue weighted by atomic mass is 32.2. The van der Waals surface area contributed by atoms with Gasteiger partial charge in [0.05, 0.1) is 17.6 Å². The molecule has 0 saturated heterocycles. The van der Waals surface area contributed by atoms with Gasteiger partial charge in [-0.1, -0.05) is 0 Å². The van der Waals surface area contributed by atoms with Gasteiger partial charge in [0.1, 0.15) is 0 Å². The Morgan fingerprint density at radius 3 is 1.40 bits per heavy atom. The summed E-state index contributed by atoms with van der Waals surface area (Å²) in [5, 5.41) is 0. The second-order valence-electron chi connectivity index (χ2n) is 4.50. The highest BCUT2D eigenvalue weighted by Gasteiger charge is 2.21. The van der Waals surface area contributed by atoms with Crippen LogP contribution in [0.1, 0.15) is 0 Å². The van der Waals surface area contributed by atoms with E-state index in [4.69, 9.17) is 0 Å². The van der Waals surface area contributed by atoms with Crippen LogP contribution in [0, 0.1) is 0 Å². The lowest BCUT2D eigenvalue weighted by Gasteiger charge is -2.24. The van der Waals surface area contributed by atoms with E-state index < -0.39 is 20.2 Å². The van der Waals surface area contributed by atoms with Gasteiger partial charge in [0.15, 0.2) is 0 Å². The zero-order chi connectivity index (χ0) is 15.7. The Morgan fingerprint density at radius 1 is 0.750 bits per heavy atom. The van der Waals surface area contributed by atoms with Crippen LogP contribution in [0.3, 0.4) is 0 Å². The highest BCUT2D eigenvalue weighted by Crippen LogP contribution is 2.22. The highest BCUT2D eigenvalue weighted by molar-refractivity contribution is 7.92. The summed E-state index contributed by atoms with van der Waals surface area (Å²) >= 11 is 0. The molecule has 1 aromatic rings. The summed E-state index contributed by atoms with van der Waals surface area (Å²) in [6.45, 7) is 0. The maximum absolute atomic E-state index is 12.0. The zero-order valence-corrected chi connectivity index (χ0v) is 13.7. The molecule has 0 aromatic heterocycles. The van der Waals surface area contributed by atoms with Gasteiger partial charge in [-0.3, -0.25) is 8.61 Å². The van der Waals surface area contributed by atoms with Crippen molar-refractivity contribution in [3.05, 3.63) is 24.3 Å². The Bertz CT molecular complexity index is 666. The number of sulfonamides is 1. The fourth-order valence-corrected chi connectivity index (χ4v) is 2.82. The Kier molecular flexibility index (Phi) is 4.67. The van der Waals surface area contributed by atoms with E-state index in [0.717, 1.165) is 19.2 Å². The van der Waals surface area contributed by atoms with Gasteiger partial charge in [-0.25, -0.2) is 8.42 Å². The van der Waals surface area contributed by atoms with Crippen molar-refractivity contribution in [2.24, 2.45) is 0 Å². The minimum Gasteiger partial charge on any atom is -0.274 e. The molecule has 0 aliphatic heterocycles. The normalized spacial score (nSPS) is 12.5. The predicted molar refractivity (Wildman–Crippen MR) is 80.7 cm³/mol. The van der Waals surface area contributed by atoms with E-state index in [0.29, 0.717) is 11.4 Å². The lowest BCUT2D eigenvalue weighted by Crippen LogP contribution is -2.37. The van der Waals surface area contributed by atoms with Crippen molar-refractivity contribution in [2.45, 2.75) is 0 Å². The predicted octanol–water partition coefficient (Wildman–Crippen LogP) is 0.325. The van der Waals surface area contributed by atoms with E-state index in [1.54, 1.807) is 24.3 Å². The summed E-state index contributed by atoms with van der Waals surface area (Å²) < 4.78 is 50.1. The smallest absolute Gasteiger partial charge is 0.274 e. The van der Waals surface area contributed by atoms with Gasteiger partial charge in [-0.15, -0.1) is 0 Å².